The second-order valence-electron chi connectivity index (χ2n) is 6.15. The number of rotatable bonds is 9. The van der Waals surface area contributed by atoms with Crippen molar-refractivity contribution in [3.63, 3.8) is 0 Å². The molecule has 2 rings (SSSR count). The Morgan fingerprint density at radius 1 is 0.889 bits per heavy atom. The first-order valence-electron chi connectivity index (χ1n) is 8.86. The number of carbonyl (C=O) groups is 2. The van der Waals surface area contributed by atoms with Crippen LogP contribution >= 0.6 is 0 Å². The van der Waals surface area contributed by atoms with Gasteiger partial charge in [-0.05, 0) is 55.2 Å². The summed E-state index contributed by atoms with van der Waals surface area (Å²) in [4.78, 5) is 24.1. The van der Waals surface area contributed by atoms with Crippen LogP contribution in [0.1, 0.15) is 51.6 Å². The van der Waals surface area contributed by atoms with Crippen LogP contribution in [-0.2, 0) is 9.47 Å². The van der Waals surface area contributed by atoms with Gasteiger partial charge in [0.15, 0.2) is 0 Å². The molecule has 0 aliphatic heterocycles. The topological polar surface area (TPSA) is 52.6 Å². The lowest BCUT2D eigenvalue weighted by Gasteiger charge is -2.13. The largest absolute Gasteiger partial charge is 0.462 e. The maximum Gasteiger partial charge on any atom is 0.338 e. The van der Waals surface area contributed by atoms with E-state index in [0.717, 1.165) is 11.1 Å². The number of ether oxygens (including phenoxy) is 2. The molecule has 0 aliphatic carbocycles. The summed E-state index contributed by atoms with van der Waals surface area (Å²) in [7, 11) is 0. The fourth-order valence-corrected chi connectivity index (χ4v) is 2.44. The Bertz CT molecular complexity index is 788. The van der Waals surface area contributed by atoms with Gasteiger partial charge in [0, 0.05) is 0 Å². The maximum atomic E-state index is 12.1. The average molecular weight is 364 g/mol. The van der Waals surface area contributed by atoms with Crippen molar-refractivity contribution < 1.29 is 19.1 Å². The van der Waals surface area contributed by atoms with E-state index in [2.05, 4.69) is 13.2 Å². The Labute approximate surface area is 160 Å². The lowest BCUT2D eigenvalue weighted by atomic mass is 10.1. The van der Waals surface area contributed by atoms with E-state index in [1.165, 1.54) is 0 Å². The number of esters is 2. The molecule has 27 heavy (non-hydrogen) atoms. The van der Waals surface area contributed by atoms with Gasteiger partial charge in [0.05, 0.1) is 23.8 Å². The smallest absolute Gasteiger partial charge is 0.338 e. The first-order valence-corrected chi connectivity index (χ1v) is 8.86. The second-order valence-corrected chi connectivity index (χ2v) is 6.15. The van der Waals surface area contributed by atoms with Gasteiger partial charge >= 0.3 is 11.9 Å². The molecule has 2 aromatic rings. The molecule has 4 nitrogen and oxygen atoms in total. The van der Waals surface area contributed by atoms with Gasteiger partial charge in [-0.3, -0.25) is 0 Å². The van der Waals surface area contributed by atoms with Crippen molar-refractivity contribution in [1.82, 2.24) is 0 Å². The monoisotopic (exact) mass is 364 g/mol. The molecule has 0 unspecified atom stereocenters. The second kappa shape index (κ2) is 10.1. The van der Waals surface area contributed by atoms with E-state index >= 15 is 0 Å². The van der Waals surface area contributed by atoms with Crippen LogP contribution in [0.5, 0.6) is 0 Å². The van der Waals surface area contributed by atoms with E-state index in [1.54, 1.807) is 36.4 Å². The average Bonchev–Trinajstić information content (AvgIpc) is 2.71. The van der Waals surface area contributed by atoms with Gasteiger partial charge in [-0.25, -0.2) is 9.59 Å². The van der Waals surface area contributed by atoms with Crippen LogP contribution in [0.25, 0.3) is 12.2 Å². The number of benzene rings is 2. The molecule has 0 fully saturated rings. The highest BCUT2D eigenvalue weighted by Gasteiger charge is 2.12. The predicted molar refractivity (Wildman–Crippen MR) is 107 cm³/mol. The van der Waals surface area contributed by atoms with E-state index < -0.39 is 0 Å². The highest BCUT2D eigenvalue weighted by molar-refractivity contribution is 5.90. The molecule has 0 spiro atoms. The predicted octanol–water partition coefficient (Wildman–Crippen LogP) is 5.16. The van der Waals surface area contributed by atoms with E-state index in [-0.39, 0.29) is 24.6 Å². The molecular weight excluding hydrogens is 340 g/mol. The van der Waals surface area contributed by atoms with Crippen molar-refractivity contribution in [3.8, 4) is 0 Å². The summed E-state index contributed by atoms with van der Waals surface area (Å²) in [6, 6.07) is 14.1. The molecule has 1 atom stereocenters. The quantitative estimate of drug-likeness (QED) is 0.456. The van der Waals surface area contributed by atoms with Crippen molar-refractivity contribution in [3.05, 3.63) is 83.9 Å². The van der Waals surface area contributed by atoms with Crippen LogP contribution in [0.2, 0.25) is 0 Å². The Hall–Kier alpha value is -3.14. The SMILES string of the molecule is C=Cc1ccc(C(=O)OCCC[C@H](C)OC(=O)c2ccc(C=C)cc2)cc1. The molecule has 0 bridgehead atoms. The molecule has 2 aromatic carbocycles. The number of hydrogen-bond acceptors (Lipinski definition) is 4. The third-order valence-electron chi connectivity index (χ3n) is 4.06. The molecule has 0 heterocycles. The highest BCUT2D eigenvalue weighted by atomic mass is 16.5. The van der Waals surface area contributed by atoms with Crippen molar-refractivity contribution >= 4 is 24.1 Å². The Balaban J connectivity index is 1.70. The van der Waals surface area contributed by atoms with Gasteiger partial charge in [0.25, 0.3) is 0 Å². The first-order chi connectivity index (χ1) is 13.0. The van der Waals surface area contributed by atoms with E-state index in [9.17, 15) is 9.59 Å². The van der Waals surface area contributed by atoms with Gasteiger partial charge < -0.3 is 9.47 Å². The molecule has 0 saturated heterocycles. The van der Waals surface area contributed by atoms with E-state index in [0.29, 0.717) is 24.0 Å². The number of carbonyl (C=O) groups excluding carboxylic acids is 2. The minimum Gasteiger partial charge on any atom is -0.462 e. The van der Waals surface area contributed by atoms with Crippen LogP contribution in [0.15, 0.2) is 61.7 Å². The first kappa shape index (κ1) is 20.2. The van der Waals surface area contributed by atoms with Crippen LogP contribution < -0.4 is 0 Å². The Morgan fingerprint density at radius 3 is 1.85 bits per heavy atom. The molecule has 0 radical (unpaired) electrons. The standard InChI is InChI=1S/C23H24O4/c1-4-18-8-12-20(13-9-18)22(24)26-16-6-7-17(3)27-23(25)21-14-10-19(5-2)11-15-21/h4-5,8-15,17H,1-2,6-7,16H2,3H3/t17-/m0/s1. The summed E-state index contributed by atoms with van der Waals surface area (Å²) in [6.45, 7) is 9.45. The van der Waals surface area contributed by atoms with Crippen LogP contribution in [0.3, 0.4) is 0 Å². The van der Waals surface area contributed by atoms with Crippen LogP contribution in [0, 0.1) is 0 Å². The minimum atomic E-state index is -0.364. The molecule has 0 N–H and O–H groups in total. The zero-order valence-corrected chi connectivity index (χ0v) is 15.5. The van der Waals surface area contributed by atoms with Gasteiger partial charge in [0.2, 0.25) is 0 Å². The van der Waals surface area contributed by atoms with Gasteiger partial charge in [0.1, 0.15) is 0 Å². The Kier molecular flexibility index (Phi) is 7.56. The molecular formula is C23H24O4. The highest BCUT2D eigenvalue weighted by Crippen LogP contribution is 2.11. The van der Waals surface area contributed by atoms with Crippen LogP contribution in [-0.4, -0.2) is 24.6 Å². The third-order valence-corrected chi connectivity index (χ3v) is 4.06. The molecule has 0 saturated carbocycles. The summed E-state index contributed by atoms with van der Waals surface area (Å²) in [5, 5.41) is 0. The maximum absolute atomic E-state index is 12.1. The zero-order chi connectivity index (χ0) is 19.6. The molecule has 140 valence electrons. The fraction of sp³-hybridized carbons (Fsp3) is 0.217. The normalized spacial score (nSPS) is 11.3. The summed E-state index contributed by atoms with van der Waals surface area (Å²) in [5.41, 5.74) is 2.90. The van der Waals surface area contributed by atoms with Crippen molar-refractivity contribution in [2.75, 3.05) is 6.61 Å². The summed E-state index contributed by atoms with van der Waals surface area (Å²) >= 11 is 0. The third kappa shape index (κ3) is 6.26. The Morgan fingerprint density at radius 2 is 1.37 bits per heavy atom. The van der Waals surface area contributed by atoms with Gasteiger partial charge in [-0.1, -0.05) is 49.6 Å². The van der Waals surface area contributed by atoms with Crippen molar-refractivity contribution in [2.45, 2.75) is 25.9 Å². The molecule has 4 heteroatoms. The van der Waals surface area contributed by atoms with Crippen molar-refractivity contribution in [1.29, 1.82) is 0 Å². The fourth-order valence-electron chi connectivity index (χ4n) is 2.44. The van der Waals surface area contributed by atoms with E-state index in [1.807, 2.05) is 31.2 Å². The van der Waals surface area contributed by atoms with E-state index in [4.69, 9.17) is 9.47 Å². The summed E-state index contributed by atoms with van der Waals surface area (Å²) in [5.74, 6) is -0.727. The molecule has 0 aliphatic rings. The van der Waals surface area contributed by atoms with Crippen LogP contribution in [0.4, 0.5) is 0 Å². The molecule has 0 aromatic heterocycles. The number of hydrogen-bond donors (Lipinski definition) is 0. The summed E-state index contributed by atoms with van der Waals surface area (Å²) < 4.78 is 10.7. The van der Waals surface area contributed by atoms with Crippen molar-refractivity contribution in [2.24, 2.45) is 0 Å². The zero-order valence-electron chi connectivity index (χ0n) is 15.5. The van der Waals surface area contributed by atoms with Gasteiger partial charge in [-0.15, -0.1) is 0 Å². The summed E-state index contributed by atoms with van der Waals surface area (Å²) in [6.07, 6.45) is 4.39. The minimum absolute atomic E-state index is 0.262. The van der Waals surface area contributed by atoms with Gasteiger partial charge in [-0.2, -0.15) is 0 Å². The molecule has 0 amide bonds. The lowest BCUT2D eigenvalue weighted by molar-refractivity contribution is 0.0280. The lowest BCUT2D eigenvalue weighted by Crippen LogP contribution is -2.16.